The Balaban J connectivity index is 0.000000352. The summed E-state index contributed by atoms with van der Waals surface area (Å²) in [7, 11) is 2.03. The summed E-state index contributed by atoms with van der Waals surface area (Å²) < 4.78 is 10.3. The highest BCUT2D eigenvalue weighted by molar-refractivity contribution is 5.65. The Bertz CT molecular complexity index is 685. The van der Waals surface area contributed by atoms with Crippen molar-refractivity contribution in [2.75, 3.05) is 20.2 Å². The van der Waals surface area contributed by atoms with E-state index >= 15 is 0 Å². The summed E-state index contributed by atoms with van der Waals surface area (Å²) in [6.07, 6.45) is 2.36. The van der Waals surface area contributed by atoms with Crippen LogP contribution in [0.5, 0.6) is 5.75 Å². The lowest BCUT2D eigenvalue weighted by Gasteiger charge is -2.08. The Kier molecular flexibility index (Phi) is 8.16. The van der Waals surface area contributed by atoms with Gasteiger partial charge in [-0.15, -0.1) is 0 Å². The van der Waals surface area contributed by atoms with Gasteiger partial charge in [-0.05, 0) is 68.1 Å². The Labute approximate surface area is 156 Å². The molecule has 4 heteroatoms. The first-order chi connectivity index (χ1) is 12.6. The number of esters is 1. The molecular formula is C22H29NO3. The fourth-order valence-corrected chi connectivity index (χ4v) is 3.15. The molecule has 2 aromatic rings. The molecule has 1 aliphatic rings. The van der Waals surface area contributed by atoms with Crippen LogP contribution in [0, 0.1) is 5.92 Å². The summed E-state index contributed by atoms with van der Waals surface area (Å²) in [5.41, 5.74) is 4.15. The van der Waals surface area contributed by atoms with E-state index in [-0.39, 0.29) is 5.97 Å². The molecule has 0 bridgehead atoms. The van der Waals surface area contributed by atoms with Gasteiger partial charge in [0.2, 0.25) is 0 Å². The highest BCUT2D eigenvalue weighted by Gasteiger charge is 2.21. The number of hydrogen-bond donors (Lipinski definition) is 1. The second-order valence-corrected chi connectivity index (χ2v) is 6.46. The zero-order valence-corrected chi connectivity index (χ0v) is 16.0. The van der Waals surface area contributed by atoms with Crippen molar-refractivity contribution in [3.05, 3.63) is 65.2 Å². The van der Waals surface area contributed by atoms with Gasteiger partial charge in [0.15, 0.2) is 0 Å². The number of fused-ring (bicyclic) bond motifs is 1. The highest BCUT2D eigenvalue weighted by atomic mass is 16.5. The van der Waals surface area contributed by atoms with Gasteiger partial charge in [0, 0.05) is 6.92 Å². The van der Waals surface area contributed by atoms with Crippen LogP contribution in [-0.2, 0) is 29.0 Å². The third-order valence-electron chi connectivity index (χ3n) is 4.28. The number of carbonyl (C=O) groups excluding carboxylic acids is 1. The number of ether oxygens (including phenoxy) is 2. The molecule has 1 aliphatic carbocycles. The predicted molar refractivity (Wildman–Crippen MR) is 104 cm³/mol. The normalized spacial score (nSPS) is 14.8. The van der Waals surface area contributed by atoms with E-state index in [1.807, 2.05) is 25.2 Å². The van der Waals surface area contributed by atoms with E-state index in [1.165, 1.54) is 36.5 Å². The number of hydrogen-bond acceptors (Lipinski definition) is 4. The summed E-state index contributed by atoms with van der Waals surface area (Å²) in [5, 5.41) is 3.27. The van der Waals surface area contributed by atoms with E-state index in [0.29, 0.717) is 13.2 Å². The molecule has 3 rings (SSSR count). The Hall–Kier alpha value is -2.33. The summed E-state index contributed by atoms with van der Waals surface area (Å²) >= 11 is 0. The van der Waals surface area contributed by atoms with E-state index in [0.717, 1.165) is 18.2 Å². The second kappa shape index (κ2) is 10.6. The Morgan fingerprint density at radius 1 is 1.12 bits per heavy atom. The van der Waals surface area contributed by atoms with Crippen molar-refractivity contribution in [2.45, 2.75) is 33.3 Å². The van der Waals surface area contributed by atoms with Gasteiger partial charge in [0.25, 0.3) is 0 Å². The van der Waals surface area contributed by atoms with Crippen LogP contribution in [0.15, 0.2) is 48.5 Å². The first kappa shape index (κ1) is 20.0. The molecule has 0 spiro atoms. The van der Waals surface area contributed by atoms with Crippen LogP contribution in [0.4, 0.5) is 0 Å². The Morgan fingerprint density at radius 3 is 2.46 bits per heavy atom. The van der Waals surface area contributed by atoms with Crippen LogP contribution in [0.25, 0.3) is 0 Å². The molecule has 0 heterocycles. The maximum Gasteiger partial charge on any atom is 0.302 e. The molecule has 1 atom stereocenters. The molecular weight excluding hydrogens is 326 g/mol. The molecule has 140 valence electrons. The quantitative estimate of drug-likeness (QED) is 0.802. The molecule has 26 heavy (non-hydrogen) atoms. The molecule has 0 fully saturated rings. The monoisotopic (exact) mass is 355 g/mol. The lowest BCUT2D eigenvalue weighted by molar-refractivity contribution is -0.140. The van der Waals surface area contributed by atoms with E-state index in [2.05, 4.69) is 40.4 Å². The van der Waals surface area contributed by atoms with E-state index in [1.54, 1.807) is 6.92 Å². The molecule has 2 aromatic carbocycles. The maximum absolute atomic E-state index is 9.82. The molecule has 0 radical (unpaired) electrons. The predicted octanol–water partition coefficient (Wildman–Crippen LogP) is 3.77. The van der Waals surface area contributed by atoms with Crippen molar-refractivity contribution in [1.82, 2.24) is 5.32 Å². The van der Waals surface area contributed by atoms with Gasteiger partial charge in [-0.25, -0.2) is 0 Å². The van der Waals surface area contributed by atoms with Crippen molar-refractivity contribution in [3.8, 4) is 5.75 Å². The van der Waals surface area contributed by atoms with Gasteiger partial charge in [-0.2, -0.15) is 0 Å². The molecule has 0 aliphatic heterocycles. The minimum Gasteiger partial charge on any atom is -0.489 e. The van der Waals surface area contributed by atoms with E-state index < -0.39 is 0 Å². The minimum absolute atomic E-state index is 0.211. The van der Waals surface area contributed by atoms with Crippen LogP contribution < -0.4 is 10.1 Å². The van der Waals surface area contributed by atoms with Gasteiger partial charge in [0.1, 0.15) is 12.4 Å². The number of benzene rings is 2. The molecule has 4 nitrogen and oxygen atoms in total. The zero-order valence-electron chi connectivity index (χ0n) is 16.0. The van der Waals surface area contributed by atoms with E-state index in [9.17, 15) is 4.79 Å². The number of carbonyl (C=O) groups is 1. The maximum atomic E-state index is 9.82. The van der Waals surface area contributed by atoms with Gasteiger partial charge in [0.05, 0.1) is 6.61 Å². The average Bonchev–Trinajstić information content (AvgIpc) is 3.03. The number of nitrogens with one attached hydrogen (secondary N) is 1. The van der Waals surface area contributed by atoms with Crippen molar-refractivity contribution >= 4 is 5.97 Å². The second-order valence-electron chi connectivity index (χ2n) is 6.46. The van der Waals surface area contributed by atoms with Crippen molar-refractivity contribution < 1.29 is 14.3 Å². The van der Waals surface area contributed by atoms with Gasteiger partial charge in [-0.3, -0.25) is 4.79 Å². The average molecular weight is 355 g/mol. The van der Waals surface area contributed by atoms with Crippen LogP contribution in [0.3, 0.4) is 0 Å². The highest BCUT2D eigenvalue weighted by Crippen LogP contribution is 2.29. The molecule has 1 unspecified atom stereocenters. The molecule has 1 N–H and O–H groups in total. The summed E-state index contributed by atoms with van der Waals surface area (Å²) in [6.45, 7) is 5.38. The Morgan fingerprint density at radius 2 is 1.85 bits per heavy atom. The lowest BCUT2D eigenvalue weighted by Crippen LogP contribution is -2.18. The molecule has 0 amide bonds. The first-order valence-corrected chi connectivity index (χ1v) is 9.18. The fraction of sp³-hybridized carbons (Fsp3) is 0.409. The standard InChI is InChI=1S/C18H21NO.C4H8O2/c1-19-12-15-9-16-7-8-18(11-17(16)10-15)20-13-14-5-3-2-4-6-14;1-3-6-4(2)5/h2-8,11,15,19H,9-10,12-13H2,1H3;3H2,1-2H3. The third-order valence-corrected chi connectivity index (χ3v) is 4.28. The summed E-state index contributed by atoms with van der Waals surface area (Å²) in [4.78, 5) is 9.82. The topological polar surface area (TPSA) is 47.6 Å². The number of rotatable bonds is 6. The molecule has 0 aromatic heterocycles. The largest absolute Gasteiger partial charge is 0.489 e. The van der Waals surface area contributed by atoms with Gasteiger partial charge < -0.3 is 14.8 Å². The minimum atomic E-state index is -0.211. The lowest BCUT2D eigenvalue weighted by atomic mass is 10.1. The van der Waals surface area contributed by atoms with Crippen molar-refractivity contribution in [2.24, 2.45) is 5.92 Å². The van der Waals surface area contributed by atoms with Gasteiger partial charge >= 0.3 is 5.97 Å². The van der Waals surface area contributed by atoms with Crippen LogP contribution in [0.2, 0.25) is 0 Å². The smallest absolute Gasteiger partial charge is 0.302 e. The van der Waals surface area contributed by atoms with Crippen molar-refractivity contribution in [3.63, 3.8) is 0 Å². The molecule has 0 saturated heterocycles. The van der Waals surface area contributed by atoms with Crippen LogP contribution >= 0.6 is 0 Å². The first-order valence-electron chi connectivity index (χ1n) is 9.18. The van der Waals surface area contributed by atoms with Gasteiger partial charge in [-0.1, -0.05) is 36.4 Å². The third kappa shape index (κ3) is 6.52. The summed E-state index contributed by atoms with van der Waals surface area (Å²) in [5.74, 6) is 1.51. The van der Waals surface area contributed by atoms with E-state index in [4.69, 9.17) is 4.74 Å². The summed E-state index contributed by atoms with van der Waals surface area (Å²) in [6, 6.07) is 16.9. The van der Waals surface area contributed by atoms with Crippen molar-refractivity contribution in [1.29, 1.82) is 0 Å². The van der Waals surface area contributed by atoms with Crippen LogP contribution in [0.1, 0.15) is 30.5 Å². The van der Waals surface area contributed by atoms with Crippen LogP contribution in [-0.4, -0.2) is 26.2 Å². The SMILES string of the molecule is CCOC(C)=O.CNCC1Cc2ccc(OCc3ccccc3)cc2C1. The molecule has 0 saturated carbocycles. The fourth-order valence-electron chi connectivity index (χ4n) is 3.15. The zero-order chi connectivity index (χ0) is 18.8.